The highest BCUT2D eigenvalue weighted by molar-refractivity contribution is 5.96. The van der Waals surface area contributed by atoms with Crippen molar-refractivity contribution in [2.24, 2.45) is 0 Å². The summed E-state index contributed by atoms with van der Waals surface area (Å²) in [5.41, 5.74) is -1.85. The Morgan fingerprint density at radius 1 is 1.16 bits per heavy atom. The van der Waals surface area contributed by atoms with E-state index in [1.807, 2.05) is 0 Å². The zero-order valence-electron chi connectivity index (χ0n) is 15.2. The van der Waals surface area contributed by atoms with Crippen LogP contribution < -0.4 is 0 Å². The van der Waals surface area contributed by atoms with Gasteiger partial charge in [-0.2, -0.15) is 18.3 Å². The molecule has 4 aromatic rings. The molecule has 0 spiro atoms. The first-order valence-corrected chi connectivity index (χ1v) is 8.56. The Hall–Kier alpha value is -4.35. The molecule has 0 aliphatic heterocycles. The summed E-state index contributed by atoms with van der Waals surface area (Å²) in [4.78, 5) is 29.8. The number of halogens is 3. The van der Waals surface area contributed by atoms with Gasteiger partial charge in [-0.1, -0.05) is 6.07 Å². The van der Waals surface area contributed by atoms with Gasteiger partial charge in [0.1, 0.15) is 11.3 Å². The highest BCUT2D eigenvalue weighted by Gasteiger charge is 2.32. The van der Waals surface area contributed by atoms with Crippen LogP contribution in [0.5, 0.6) is 0 Å². The predicted octanol–water partition coefficient (Wildman–Crippen LogP) is 4.11. The first-order valence-electron chi connectivity index (χ1n) is 8.56. The van der Waals surface area contributed by atoms with Crippen molar-refractivity contribution in [1.29, 1.82) is 0 Å². The lowest BCUT2D eigenvalue weighted by molar-refractivity contribution is -0.384. The molecule has 0 saturated heterocycles. The van der Waals surface area contributed by atoms with Crippen molar-refractivity contribution in [2.75, 3.05) is 0 Å². The van der Waals surface area contributed by atoms with Crippen LogP contribution in [0.2, 0.25) is 0 Å². The molecule has 0 radical (unpaired) electrons. The van der Waals surface area contributed by atoms with Crippen LogP contribution in [0.3, 0.4) is 0 Å². The molecular weight excluding hydrogens is 419 g/mol. The highest BCUT2D eigenvalue weighted by atomic mass is 19.4. The zero-order valence-corrected chi connectivity index (χ0v) is 15.2. The van der Waals surface area contributed by atoms with Crippen molar-refractivity contribution < 1.29 is 28.0 Å². The minimum Gasteiger partial charge on any atom is -0.477 e. The molecule has 156 valence electrons. The summed E-state index contributed by atoms with van der Waals surface area (Å²) in [6, 6.07) is 7.20. The molecule has 0 saturated carbocycles. The molecule has 1 N–H and O–H groups in total. The van der Waals surface area contributed by atoms with E-state index in [2.05, 4.69) is 15.1 Å². The van der Waals surface area contributed by atoms with Crippen LogP contribution in [-0.2, 0) is 6.18 Å². The Labute approximate surface area is 170 Å². The topological polar surface area (TPSA) is 124 Å². The van der Waals surface area contributed by atoms with Gasteiger partial charge in [-0.05, 0) is 30.3 Å². The Balaban J connectivity index is 1.84. The fraction of sp³-hybridized carbons (Fsp3) is 0.0526. The average molecular weight is 429 g/mol. The third-order valence-corrected chi connectivity index (χ3v) is 4.44. The van der Waals surface area contributed by atoms with Crippen molar-refractivity contribution >= 4 is 22.6 Å². The van der Waals surface area contributed by atoms with E-state index >= 15 is 0 Å². The Kier molecular flexibility index (Phi) is 4.61. The quantitative estimate of drug-likeness (QED) is 0.382. The monoisotopic (exact) mass is 429 g/mol. The number of hydrogen-bond donors (Lipinski definition) is 1. The normalized spacial score (nSPS) is 11.6. The second-order valence-electron chi connectivity index (χ2n) is 6.33. The van der Waals surface area contributed by atoms with E-state index in [1.165, 1.54) is 47.5 Å². The molecule has 0 aliphatic carbocycles. The van der Waals surface area contributed by atoms with E-state index in [0.717, 1.165) is 12.1 Å². The van der Waals surface area contributed by atoms with Crippen LogP contribution in [0, 0.1) is 10.1 Å². The van der Waals surface area contributed by atoms with Crippen molar-refractivity contribution in [3.63, 3.8) is 0 Å². The first-order chi connectivity index (χ1) is 14.7. The summed E-state index contributed by atoms with van der Waals surface area (Å²) < 4.78 is 40.0. The number of carboxylic acid groups (broad SMARTS) is 1. The van der Waals surface area contributed by atoms with Gasteiger partial charge in [0.05, 0.1) is 22.2 Å². The maximum atomic E-state index is 12.9. The number of fused-ring (bicyclic) bond motifs is 1. The lowest BCUT2D eigenvalue weighted by Crippen LogP contribution is -2.08. The van der Waals surface area contributed by atoms with Crippen LogP contribution in [0.4, 0.5) is 18.9 Å². The molecule has 9 nitrogen and oxygen atoms in total. The number of nitro benzene ring substituents is 1. The lowest BCUT2D eigenvalue weighted by Gasteiger charge is -2.09. The number of carboxylic acids is 1. The molecule has 12 heteroatoms. The van der Waals surface area contributed by atoms with Crippen LogP contribution in [-0.4, -0.2) is 35.7 Å². The molecule has 3 aromatic heterocycles. The standard InChI is InChI=1S/C19H10F3N5O4/c20-19(21,22)15-5-4-12-14(25-15)6-7-23-17(12)26-9-10(8-24-26)11-2-1-3-13(18(28)29)16(11)27(30)31/h1-9H,(H,28,29). The Morgan fingerprint density at radius 2 is 1.94 bits per heavy atom. The minimum absolute atomic E-state index is 0.0221. The van der Waals surface area contributed by atoms with E-state index in [9.17, 15) is 33.2 Å². The second kappa shape index (κ2) is 7.16. The number of aromatic nitrogens is 4. The van der Waals surface area contributed by atoms with Crippen molar-refractivity contribution in [3.8, 4) is 16.9 Å². The van der Waals surface area contributed by atoms with E-state index < -0.39 is 34.0 Å². The molecule has 4 rings (SSSR count). The summed E-state index contributed by atoms with van der Waals surface area (Å²) in [6.07, 6.45) is -0.705. The van der Waals surface area contributed by atoms with Gasteiger partial charge in [-0.15, -0.1) is 0 Å². The van der Waals surface area contributed by atoms with E-state index in [0.29, 0.717) is 0 Å². The largest absolute Gasteiger partial charge is 0.477 e. The summed E-state index contributed by atoms with van der Waals surface area (Å²) >= 11 is 0. The van der Waals surface area contributed by atoms with Crippen LogP contribution in [0.1, 0.15) is 16.1 Å². The van der Waals surface area contributed by atoms with Crippen LogP contribution in [0.15, 0.2) is 55.0 Å². The number of nitrogens with zero attached hydrogens (tertiary/aromatic N) is 5. The van der Waals surface area contributed by atoms with Gasteiger partial charge in [0.2, 0.25) is 0 Å². The van der Waals surface area contributed by atoms with Crippen molar-refractivity contribution in [2.45, 2.75) is 6.18 Å². The van der Waals surface area contributed by atoms with E-state index in [-0.39, 0.29) is 27.8 Å². The van der Waals surface area contributed by atoms with Gasteiger partial charge in [0, 0.05) is 23.3 Å². The molecule has 0 atom stereocenters. The molecule has 31 heavy (non-hydrogen) atoms. The lowest BCUT2D eigenvalue weighted by atomic mass is 10.0. The molecule has 0 fully saturated rings. The third-order valence-electron chi connectivity index (χ3n) is 4.44. The summed E-state index contributed by atoms with van der Waals surface area (Å²) in [7, 11) is 0. The molecule has 0 unspecified atom stereocenters. The summed E-state index contributed by atoms with van der Waals surface area (Å²) in [5, 5.41) is 25.1. The number of nitro groups is 1. The maximum absolute atomic E-state index is 12.9. The fourth-order valence-electron chi connectivity index (χ4n) is 3.10. The fourth-order valence-corrected chi connectivity index (χ4v) is 3.10. The molecule has 3 heterocycles. The van der Waals surface area contributed by atoms with Gasteiger partial charge < -0.3 is 5.11 Å². The Bertz CT molecular complexity index is 1350. The molecule has 1 aromatic carbocycles. The average Bonchev–Trinajstić information content (AvgIpc) is 3.21. The maximum Gasteiger partial charge on any atom is 0.433 e. The minimum atomic E-state index is -4.61. The number of benzene rings is 1. The number of rotatable bonds is 4. The number of para-hydroxylation sites is 1. The van der Waals surface area contributed by atoms with Gasteiger partial charge in [0.25, 0.3) is 5.69 Å². The Morgan fingerprint density at radius 3 is 2.61 bits per heavy atom. The smallest absolute Gasteiger partial charge is 0.433 e. The van der Waals surface area contributed by atoms with Gasteiger partial charge >= 0.3 is 12.1 Å². The molecular formula is C19H10F3N5O4. The zero-order chi connectivity index (χ0) is 22.3. The van der Waals surface area contributed by atoms with Crippen LogP contribution >= 0.6 is 0 Å². The number of hydrogen-bond acceptors (Lipinski definition) is 6. The molecule has 0 aliphatic rings. The summed E-state index contributed by atoms with van der Waals surface area (Å²) in [6.45, 7) is 0. The molecule has 0 bridgehead atoms. The van der Waals surface area contributed by atoms with Gasteiger partial charge in [0.15, 0.2) is 5.82 Å². The van der Waals surface area contributed by atoms with Crippen molar-refractivity contribution in [3.05, 3.63) is 76.4 Å². The first kappa shape index (κ1) is 19.9. The van der Waals surface area contributed by atoms with E-state index in [1.54, 1.807) is 0 Å². The number of pyridine rings is 2. The SMILES string of the molecule is O=C(O)c1cccc(-c2cnn(-c3nccc4nc(C(F)(F)F)ccc34)c2)c1[N+](=O)[O-]. The number of alkyl halides is 3. The number of aromatic carboxylic acids is 1. The number of carbonyl (C=O) groups is 1. The van der Waals surface area contributed by atoms with Crippen LogP contribution in [0.25, 0.3) is 27.8 Å². The highest BCUT2D eigenvalue weighted by Crippen LogP contribution is 2.34. The van der Waals surface area contributed by atoms with E-state index in [4.69, 9.17) is 0 Å². The third kappa shape index (κ3) is 3.54. The second-order valence-corrected chi connectivity index (χ2v) is 6.33. The predicted molar refractivity (Wildman–Crippen MR) is 101 cm³/mol. The van der Waals surface area contributed by atoms with Gasteiger partial charge in [-0.25, -0.2) is 19.4 Å². The van der Waals surface area contributed by atoms with Crippen molar-refractivity contribution in [1.82, 2.24) is 19.7 Å². The van der Waals surface area contributed by atoms with Gasteiger partial charge in [-0.3, -0.25) is 10.1 Å². The molecule has 0 amide bonds. The summed E-state index contributed by atoms with van der Waals surface area (Å²) in [5.74, 6) is -1.30.